The molecule has 0 bridgehead atoms. The van der Waals surface area contributed by atoms with Gasteiger partial charge in [-0.05, 0) is 42.2 Å². The lowest BCUT2D eigenvalue weighted by Gasteiger charge is -2.17. The molecular weight excluding hydrogens is 375 g/mol. The molecule has 3 rings (SSSR count). The lowest BCUT2D eigenvalue weighted by molar-refractivity contribution is -0.141. The van der Waals surface area contributed by atoms with E-state index in [9.17, 15) is 4.79 Å². The van der Waals surface area contributed by atoms with E-state index in [1.54, 1.807) is 20.3 Å². The van der Waals surface area contributed by atoms with Crippen LogP contribution in [0.3, 0.4) is 0 Å². The number of cyclic esters (lactones) is 1. The minimum absolute atomic E-state index is 0.0654. The fourth-order valence-corrected chi connectivity index (χ4v) is 3.71. The summed E-state index contributed by atoms with van der Waals surface area (Å²) in [7, 11) is 3.21. The molecule has 2 unspecified atom stereocenters. The van der Waals surface area contributed by atoms with Crippen LogP contribution in [0.25, 0.3) is 0 Å². The molecule has 4 nitrogen and oxygen atoms in total. The quantitative estimate of drug-likeness (QED) is 0.672. The molecule has 1 fully saturated rings. The van der Waals surface area contributed by atoms with E-state index in [1.165, 1.54) is 0 Å². The molecule has 0 aliphatic carbocycles. The summed E-state index contributed by atoms with van der Waals surface area (Å²) in [6.45, 7) is 0.399. The predicted octanol–water partition coefficient (Wildman–Crippen LogP) is 4.59. The smallest absolute Gasteiger partial charge is 0.309 e. The number of halogens is 2. The standard InChI is InChI=1S/C20H20Cl2O4/c1-24-17-7-6-12(9-18(17)25-2)8-14-11-26-20(23)15(14)10-13-4-3-5-16(21)19(13)22/h3-7,9,14-15H,8,10-11H2,1-2H3. The predicted molar refractivity (Wildman–Crippen MR) is 101 cm³/mol. The third kappa shape index (κ3) is 3.92. The SMILES string of the molecule is COc1ccc(CC2COC(=O)C2Cc2cccc(Cl)c2Cl)cc1OC. The highest BCUT2D eigenvalue weighted by atomic mass is 35.5. The summed E-state index contributed by atoms with van der Waals surface area (Å²) >= 11 is 12.4. The van der Waals surface area contributed by atoms with Crippen LogP contribution in [0, 0.1) is 11.8 Å². The van der Waals surface area contributed by atoms with Gasteiger partial charge in [0.15, 0.2) is 11.5 Å². The van der Waals surface area contributed by atoms with Gasteiger partial charge in [0, 0.05) is 5.92 Å². The molecule has 2 aromatic carbocycles. The summed E-state index contributed by atoms with van der Waals surface area (Å²) in [5.74, 6) is 0.975. The Hall–Kier alpha value is -1.91. The fourth-order valence-electron chi connectivity index (χ4n) is 3.31. The number of ether oxygens (including phenoxy) is 3. The minimum atomic E-state index is -0.251. The van der Waals surface area contributed by atoms with E-state index in [0.29, 0.717) is 41.0 Å². The first-order chi connectivity index (χ1) is 12.5. The third-order valence-corrected chi connectivity index (χ3v) is 5.59. The van der Waals surface area contributed by atoms with Crippen molar-refractivity contribution in [3.8, 4) is 11.5 Å². The Balaban J connectivity index is 1.79. The van der Waals surface area contributed by atoms with Crippen molar-refractivity contribution in [2.45, 2.75) is 12.8 Å². The molecule has 1 aliphatic rings. The fraction of sp³-hybridized carbons (Fsp3) is 0.350. The van der Waals surface area contributed by atoms with Gasteiger partial charge in [-0.3, -0.25) is 4.79 Å². The van der Waals surface area contributed by atoms with Gasteiger partial charge in [-0.25, -0.2) is 0 Å². The molecule has 0 aromatic heterocycles. The molecule has 138 valence electrons. The average Bonchev–Trinajstić information content (AvgIpc) is 2.98. The maximum absolute atomic E-state index is 12.3. The van der Waals surface area contributed by atoms with Crippen LogP contribution in [0.1, 0.15) is 11.1 Å². The summed E-state index contributed by atoms with van der Waals surface area (Å²) in [5, 5.41) is 0.991. The number of hydrogen-bond acceptors (Lipinski definition) is 4. The molecule has 26 heavy (non-hydrogen) atoms. The highest BCUT2D eigenvalue weighted by molar-refractivity contribution is 6.42. The number of carbonyl (C=O) groups excluding carboxylic acids is 1. The van der Waals surface area contributed by atoms with E-state index >= 15 is 0 Å². The number of benzene rings is 2. The number of carbonyl (C=O) groups is 1. The lowest BCUT2D eigenvalue weighted by Crippen LogP contribution is -2.21. The van der Waals surface area contributed by atoms with Gasteiger partial charge in [0.25, 0.3) is 0 Å². The summed E-state index contributed by atoms with van der Waals surface area (Å²) in [6.07, 6.45) is 1.21. The molecule has 0 radical (unpaired) electrons. The second-order valence-electron chi connectivity index (χ2n) is 6.31. The zero-order valence-electron chi connectivity index (χ0n) is 14.6. The monoisotopic (exact) mass is 394 g/mol. The topological polar surface area (TPSA) is 44.8 Å². The highest BCUT2D eigenvalue weighted by Crippen LogP contribution is 2.35. The number of rotatable bonds is 6. The highest BCUT2D eigenvalue weighted by Gasteiger charge is 2.37. The van der Waals surface area contributed by atoms with Crippen LogP contribution in [-0.2, 0) is 22.4 Å². The van der Waals surface area contributed by atoms with Gasteiger partial charge in [-0.15, -0.1) is 0 Å². The zero-order chi connectivity index (χ0) is 18.7. The Morgan fingerprint density at radius 2 is 1.85 bits per heavy atom. The molecule has 1 saturated heterocycles. The largest absolute Gasteiger partial charge is 0.493 e. The first-order valence-corrected chi connectivity index (χ1v) is 9.09. The van der Waals surface area contributed by atoms with E-state index in [2.05, 4.69) is 0 Å². The van der Waals surface area contributed by atoms with Crippen LogP contribution < -0.4 is 9.47 Å². The normalized spacial score (nSPS) is 19.3. The van der Waals surface area contributed by atoms with Crippen molar-refractivity contribution in [1.29, 1.82) is 0 Å². The van der Waals surface area contributed by atoms with Crippen molar-refractivity contribution in [2.75, 3.05) is 20.8 Å². The van der Waals surface area contributed by atoms with Crippen molar-refractivity contribution in [1.82, 2.24) is 0 Å². The van der Waals surface area contributed by atoms with E-state index in [4.69, 9.17) is 37.4 Å². The summed E-state index contributed by atoms with van der Waals surface area (Å²) in [6, 6.07) is 11.3. The Labute approximate surface area is 163 Å². The molecular formula is C20H20Cl2O4. The van der Waals surface area contributed by atoms with Gasteiger partial charge in [-0.1, -0.05) is 41.4 Å². The van der Waals surface area contributed by atoms with E-state index < -0.39 is 0 Å². The number of methoxy groups -OCH3 is 2. The summed E-state index contributed by atoms with van der Waals surface area (Å²) in [4.78, 5) is 12.3. The second kappa shape index (κ2) is 8.19. The van der Waals surface area contributed by atoms with Crippen molar-refractivity contribution in [2.24, 2.45) is 11.8 Å². The zero-order valence-corrected chi connectivity index (χ0v) is 16.1. The van der Waals surface area contributed by atoms with Gasteiger partial charge >= 0.3 is 5.97 Å². The van der Waals surface area contributed by atoms with Crippen LogP contribution in [0.4, 0.5) is 0 Å². The average molecular weight is 395 g/mol. The first kappa shape index (κ1) is 18.9. The van der Waals surface area contributed by atoms with Crippen molar-refractivity contribution in [3.63, 3.8) is 0 Å². The molecule has 0 saturated carbocycles. The Kier molecular flexibility index (Phi) is 5.94. The Bertz CT molecular complexity index is 806. The van der Waals surface area contributed by atoms with Crippen LogP contribution in [0.2, 0.25) is 10.0 Å². The molecule has 0 spiro atoms. The van der Waals surface area contributed by atoms with Crippen LogP contribution in [-0.4, -0.2) is 26.8 Å². The maximum atomic E-state index is 12.3. The summed E-state index contributed by atoms with van der Waals surface area (Å²) in [5.41, 5.74) is 1.92. The molecule has 1 heterocycles. The van der Waals surface area contributed by atoms with Crippen LogP contribution in [0.5, 0.6) is 11.5 Å². The van der Waals surface area contributed by atoms with Gasteiger partial charge in [-0.2, -0.15) is 0 Å². The van der Waals surface area contributed by atoms with Crippen molar-refractivity contribution in [3.05, 3.63) is 57.6 Å². The third-order valence-electron chi connectivity index (χ3n) is 4.73. The second-order valence-corrected chi connectivity index (χ2v) is 7.09. The molecule has 6 heteroatoms. The molecule has 1 aliphatic heterocycles. The van der Waals surface area contributed by atoms with Gasteiger partial charge < -0.3 is 14.2 Å². The van der Waals surface area contributed by atoms with E-state index in [1.807, 2.05) is 30.3 Å². The molecule has 0 N–H and O–H groups in total. The van der Waals surface area contributed by atoms with Crippen molar-refractivity contribution < 1.29 is 19.0 Å². The van der Waals surface area contributed by atoms with Crippen LogP contribution >= 0.6 is 23.2 Å². The number of esters is 1. The summed E-state index contributed by atoms with van der Waals surface area (Å²) < 4.78 is 16.0. The number of hydrogen-bond donors (Lipinski definition) is 0. The lowest BCUT2D eigenvalue weighted by atomic mass is 9.85. The van der Waals surface area contributed by atoms with E-state index in [0.717, 1.165) is 11.1 Å². The maximum Gasteiger partial charge on any atom is 0.309 e. The minimum Gasteiger partial charge on any atom is -0.493 e. The van der Waals surface area contributed by atoms with Gasteiger partial charge in [0.05, 0.1) is 36.8 Å². The van der Waals surface area contributed by atoms with E-state index in [-0.39, 0.29) is 17.8 Å². The van der Waals surface area contributed by atoms with Crippen LogP contribution in [0.15, 0.2) is 36.4 Å². The van der Waals surface area contributed by atoms with Gasteiger partial charge in [0.2, 0.25) is 0 Å². The Morgan fingerprint density at radius 1 is 1.08 bits per heavy atom. The van der Waals surface area contributed by atoms with Crippen molar-refractivity contribution >= 4 is 29.2 Å². The molecule has 0 amide bonds. The molecule has 2 aromatic rings. The molecule has 2 atom stereocenters. The Morgan fingerprint density at radius 3 is 2.58 bits per heavy atom. The first-order valence-electron chi connectivity index (χ1n) is 8.34. The van der Waals surface area contributed by atoms with Gasteiger partial charge in [0.1, 0.15) is 0 Å².